The average molecular weight is 692 g/mol. The monoisotopic (exact) mass is 691 g/mol. The minimum absolute atomic E-state index is 0.193. The largest absolute Gasteiger partial charge is 0.278 e. The number of para-hydroxylation sites is 1. The molecule has 0 saturated heterocycles. The van der Waals surface area contributed by atoms with E-state index in [4.69, 9.17) is 21.8 Å². The molecule has 0 aliphatic heterocycles. The van der Waals surface area contributed by atoms with E-state index in [2.05, 4.69) is 71.3 Å². The van der Waals surface area contributed by atoms with Gasteiger partial charge in [-0.25, -0.2) is 4.98 Å². The Bertz CT molecular complexity index is 3420. The van der Waals surface area contributed by atoms with Crippen LogP contribution in [0.15, 0.2) is 158 Å². The predicted octanol–water partition coefficient (Wildman–Crippen LogP) is 12.7. The molecule has 0 bridgehead atoms. The maximum Gasteiger partial charge on any atom is 0.238 e. The lowest BCUT2D eigenvalue weighted by atomic mass is 9.99. The number of hydrogen-bond acceptors (Lipinski definition) is 5. The summed E-state index contributed by atoms with van der Waals surface area (Å²) in [6, 6.07) is 41.6. The van der Waals surface area contributed by atoms with Gasteiger partial charge < -0.3 is 0 Å². The molecule has 4 aromatic heterocycles. The molecule has 0 spiro atoms. The van der Waals surface area contributed by atoms with Gasteiger partial charge in [0.15, 0.2) is 11.6 Å². The SMILES string of the molecule is [2H]c1c([2H])c([2H])c(-c2cccc3sc4cc(-c5nc(-c6ccccc6)nc(-n6c7ccccc7c7c8c(ccc76)sc6ccccc68)n5)ccc4c23)c([2H])c1[2H]. The molecule has 6 heteroatoms. The first-order chi connectivity index (χ1) is 27.4. The summed E-state index contributed by atoms with van der Waals surface area (Å²) >= 11 is 3.39. The van der Waals surface area contributed by atoms with Crippen molar-refractivity contribution in [3.8, 4) is 39.9 Å². The fourth-order valence-corrected chi connectivity index (χ4v) is 9.64. The molecule has 0 saturated carbocycles. The summed E-state index contributed by atoms with van der Waals surface area (Å²) in [6.45, 7) is 0. The van der Waals surface area contributed by atoms with Gasteiger partial charge in [0, 0.05) is 62.2 Å². The molecule has 4 nitrogen and oxygen atoms in total. The summed E-state index contributed by atoms with van der Waals surface area (Å²) in [6.07, 6.45) is 0. The highest BCUT2D eigenvalue weighted by molar-refractivity contribution is 7.26. The number of aromatic nitrogens is 4. The minimum atomic E-state index is -0.406. The van der Waals surface area contributed by atoms with E-state index < -0.39 is 6.04 Å². The highest BCUT2D eigenvalue weighted by Crippen LogP contribution is 2.44. The molecule has 0 aliphatic rings. The third-order valence-corrected chi connectivity index (χ3v) is 11.8. The Labute approximate surface area is 307 Å². The van der Waals surface area contributed by atoms with Gasteiger partial charge in [-0.2, -0.15) is 9.97 Å². The highest BCUT2D eigenvalue weighted by Gasteiger charge is 2.21. The van der Waals surface area contributed by atoms with E-state index in [-0.39, 0.29) is 29.7 Å². The second-order valence-electron chi connectivity index (χ2n) is 12.4. The summed E-state index contributed by atoms with van der Waals surface area (Å²) in [4.78, 5) is 15.4. The van der Waals surface area contributed by atoms with Crippen molar-refractivity contribution in [2.45, 2.75) is 0 Å². The van der Waals surface area contributed by atoms with Crippen LogP contribution in [0.4, 0.5) is 0 Å². The van der Waals surface area contributed by atoms with Gasteiger partial charge in [0.05, 0.1) is 17.9 Å². The summed E-state index contributed by atoms with van der Waals surface area (Å²) in [7, 11) is 0. The molecule has 0 amide bonds. The first-order valence-corrected chi connectivity index (χ1v) is 18.2. The van der Waals surface area contributed by atoms with E-state index in [1.807, 2.05) is 60.7 Å². The average Bonchev–Trinajstić information content (AvgIpc) is 3.92. The fourth-order valence-electron chi connectivity index (χ4n) is 7.36. The molecule has 11 rings (SSSR count). The van der Waals surface area contributed by atoms with Crippen molar-refractivity contribution in [1.29, 1.82) is 0 Å². The topological polar surface area (TPSA) is 43.6 Å². The lowest BCUT2D eigenvalue weighted by Gasteiger charge is -2.11. The zero-order valence-corrected chi connectivity index (χ0v) is 28.4. The summed E-state index contributed by atoms with van der Waals surface area (Å²) in [5, 5.41) is 6.52. The molecular formula is C45H26N4S2. The maximum atomic E-state index is 8.70. The molecule has 51 heavy (non-hydrogen) atoms. The Morgan fingerprint density at radius 2 is 1.16 bits per heavy atom. The normalized spacial score (nSPS) is 13.3. The number of rotatable bonds is 4. The molecular weight excluding hydrogens is 661 g/mol. The third-order valence-electron chi connectivity index (χ3n) is 9.56. The van der Waals surface area contributed by atoms with Crippen LogP contribution in [-0.2, 0) is 0 Å². The molecule has 11 aromatic rings. The Morgan fingerprint density at radius 3 is 2.04 bits per heavy atom. The number of thiophene rings is 2. The van der Waals surface area contributed by atoms with Gasteiger partial charge in [0.1, 0.15) is 0 Å². The van der Waals surface area contributed by atoms with E-state index >= 15 is 0 Å². The zero-order chi connectivity index (χ0) is 37.8. The van der Waals surface area contributed by atoms with Crippen LogP contribution in [0.25, 0.3) is 102 Å². The quantitative estimate of drug-likeness (QED) is 0.184. The smallest absolute Gasteiger partial charge is 0.238 e. The Kier molecular flexibility index (Phi) is 5.25. The van der Waals surface area contributed by atoms with Gasteiger partial charge in [-0.15, -0.1) is 22.7 Å². The number of benzene rings is 7. The molecule has 0 aliphatic carbocycles. The van der Waals surface area contributed by atoms with Crippen LogP contribution in [-0.4, -0.2) is 19.5 Å². The Morgan fingerprint density at radius 1 is 0.451 bits per heavy atom. The molecule has 4 heterocycles. The number of nitrogens with zero attached hydrogens (tertiary/aromatic N) is 4. The van der Waals surface area contributed by atoms with Crippen molar-refractivity contribution in [2.24, 2.45) is 0 Å². The first kappa shape index (κ1) is 24.0. The van der Waals surface area contributed by atoms with Gasteiger partial charge in [0.2, 0.25) is 5.95 Å². The molecule has 0 radical (unpaired) electrons. The number of hydrogen-bond donors (Lipinski definition) is 0. The molecule has 0 atom stereocenters. The first-order valence-electron chi connectivity index (χ1n) is 19.0. The second-order valence-corrected chi connectivity index (χ2v) is 14.6. The van der Waals surface area contributed by atoms with E-state index in [1.54, 1.807) is 22.7 Å². The molecule has 0 fully saturated rings. The van der Waals surface area contributed by atoms with Crippen molar-refractivity contribution in [1.82, 2.24) is 19.5 Å². The minimum Gasteiger partial charge on any atom is -0.278 e. The van der Waals surface area contributed by atoms with Crippen LogP contribution in [0.3, 0.4) is 0 Å². The van der Waals surface area contributed by atoms with E-state index in [1.165, 1.54) is 25.6 Å². The van der Waals surface area contributed by atoms with Gasteiger partial charge in [-0.3, -0.25) is 4.57 Å². The lowest BCUT2D eigenvalue weighted by Crippen LogP contribution is -2.06. The van der Waals surface area contributed by atoms with Gasteiger partial charge in [0.25, 0.3) is 0 Å². The standard InChI is InChI=1S/C45H26N4S2/c1-3-12-27(13-4-1)30-18-11-21-37-40(30)33-23-22-29(26-39(33)51-37)44-46-43(28-14-5-2-6-15-28)47-45(48-44)49-34-19-9-7-16-31(34)41-35(49)24-25-38-42(41)32-17-8-10-20-36(32)50-38/h1-26H/i1D,3D,4D,12D,13D. The number of fused-ring (bicyclic) bond motifs is 10. The fraction of sp³-hybridized carbons (Fsp3) is 0. The van der Waals surface area contributed by atoms with Crippen LogP contribution in [0, 0.1) is 0 Å². The van der Waals surface area contributed by atoms with Crippen molar-refractivity contribution in [3.05, 3.63) is 158 Å². The van der Waals surface area contributed by atoms with Crippen molar-refractivity contribution in [3.63, 3.8) is 0 Å². The van der Waals surface area contributed by atoms with Crippen LogP contribution < -0.4 is 0 Å². The Hall–Kier alpha value is -6.21. The Balaban J connectivity index is 1.15. The third kappa shape index (κ3) is 4.40. The lowest BCUT2D eigenvalue weighted by molar-refractivity contribution is 0.954. The van der Waals surface area contributed by atoms with Crippen molar-refractivity contribution in [2.75, 3.05) is 0 Å². The van der Waals surface area contributed by atoms with Crippen molar-refractivity contribution < 1.29 is 6.85 Å². The zero-order valence-electron chi connectivity index (χ0n) is 31.7. The van der Waals surface area contributed by atoms with E-state index in [0.29, 0.717) is 23.2 Å². The van der Waals surface area contributed by atoms with E-state index in [0.717, 1.165) is 47.7 Å². The van der Waals surface area contributed by atoms with Crippen LogP contribution >= 0.6 is 22.7 Å². The van der Waals surface area contributed by atoms with Gasteiger partial charge >= 0.3 is 0 Å². The molecule has 0 N–H and O–H groups in total. The van der Waals surface area contributed by atoms with E-state index in [9.17, 15) is 0 Å². The van der Waals surface area contributed by atoms with Crippen LogP contribution in [0.1, 0.15) is 6.85 Å². The summed E-state index contributed by atoms with van der Waals surface area (Å²) in [5.74, 6) is 1.59. The van der Waals surface area contributed by atoms with Gasteiger partial charge in [-0.1, -0.05) is 121 Å². The molecule has 238 valence electrons. The second kappa shape index (κ2) is 11.2. The predicted molar refractivity (Wildman–Crippen MR) is 216 cm³/mol. The maximum absolute atomic E-state index is 8.70. The van der Waals surface area contributed by atoms with Gasteiger partial charge in [-0.05, 0) is 47.5 Å². The van der Waals surface area contributed by atoms with Crippen LogP contribution in [0.2, 0.25) is 0 Å². The highest BCUT2D eigenvalue weighted by atomic mass is 32.1. The molecule has 7 aromatic carbocycles. The van der Waals surface area contributed by atoms with Crippen molar-refractivity contribution >= 4 is 84.8 Å². The summed E-state index contributed by atoms with van der Waals surface area (Å²) in [5.41, 5.74) is 4.49. The van der Waals surface area contributed by atoms with Crippen LogP contribution in [0.5, 0.6) is 0 Å². The molecule has 0 unspecified atom stereocenters. The summed E-state index contributed by atoms with van der Waals surface area (Å²) < 4.78 is 48.7.